The van der Waals surface area contributed by atoms with Crippen LogP contribution in [0.5, 0.6) is 0 Å². The number of rotatable bonds is 7. The number of imide groups is 1. The highest BCUT2D eigenvalue weighted by Crippen LogP contribution is 2.33. The molecule has 0 aliphatic carbocycles. The first-order valence-electron chi connectivity index (χ1n) is 8.86. The molecular formula is C21H20N2O6. The first kappa shape index (κ1) is 20.2. The minimum Gasteiger partial charge on any atom is -0.468 e. The number of hydrogen-bond acceptors (Lipinski definition) is 6. The molecule has 0 aromatic heterocycles. The molecule has 0 unspecified atom stereocenters. The van der Waals surface area contributed by atoms with E-state index in [1.165, 1.54) is 26.4 Å². The molecule has 150 valence electrons. The Hall–Kier alpha value is -3.52. The molecule has 1 N–H and O–H groups in total. The van der Waals surface area contributed by atoms with Crippen molar-refractivity contribution in [3.05, 3.63) is 71.3 Å². The smallest absolute Gasteiger partial charge is 0.325 e. The molecule has 0 fully saturated rings. The summed E-state index contributed by atoms with van der Waals surface area (Å²) in [6.07, 6.45) is -0.0944. The van der Waals surface area contributed by atoms with Gasteiger partial charge in [0.1, 0.15) is 6.54 Å². The highest BCUT2D eigenvalue weighted by atomic mass is 16.5. The molecule has 0 saturated heterocycles. The van der Waals surface area contributed by atoms with Gasteiger partial charge in [0, 0.05) is 13.5 Å². The predicted molar refractivity (Wildman–Crippen MR) is 102 cm³/mol. The van der Waals surface area contributed by atoms with Crippen molar-refractivity contribution in [1.29, 1.82) is 0 Å². The number of fused-ring (bicyclic) bond motifs is 1. The molecule has 1 atom stereocenters. The summed E-state index contributed by atoms with van der Waals surface area (Å²) in [6.45, 7) is -0.432. The molecule has 0 radical (unpaired) electrons. The van der Waals surface area contributed by atoms with Gasteiger partial charge in [0.15, 0.2) is 0 Å². The molecular weight excluding hydrogens is 376 g/mol. The third-order valence-corrected chi connectivity index (χ3v) is 4.76. The van der Waals surface area contributed by atoms with Crippen molar-refractivity contribution in [2.24, 2.45) is 0 Å². The summed E-state index contributed by atoms with van der Waals surface area (Å²) >= 11 is 0. The first-order chi connectivity index (χ1) is 13.9. The van der Waals surface area contributed by atoms with Crippen LogP contribution in [0.4, 0.5) is 0 Å². The van der Waals surface area contributed by atoms with Crippen molar-refractivity contribution in [3.63, 3.8) is 0 Å². The number of amides is 3. The molecule has 1 aliphatic rings. The second kappa shape index (κ2) is 8.24. The highest BCUT2D eigenvalue weighted by molar-refractivity contribution is 6.23. The molecule has 3 rings (SSSR count). The second-order valence-electron chi connectivity index (χ2n) is 6.40. The lowest BCUT2D eigenvalue weighted by Gasteiger charge is -2.37. The SMILES string of the molecule is COC(=O)CNC(=O)[C@](Cc1ccccc1)(OC)N1C(=O)c2ccccc2C1=O. The fourth-order valence-corrected chi connectivity index (χ4v) is 3.27. The molecule has 0 spiro atoms. The van der Waals surface area contributed by atoms with E-state index >= 15 is 0 Å². The molecule has 1 heterocycles. The standard InChI is InChI=1S/C21H20N2O6/c1-28-17(24)13-22-20(27)21(29-2,12-14-8-4-3-5-9-14)23-18(25)15-10-6-7-11-16(15)19(23)26/h3-11H,12-13H2,1-2H3,(H,22,27)/t21-/m0/s1. The van der Waals surface area contributed by atoms with Gasteiger partial charge < -0.3 is 14.8 Å². The third-order valence-electron chi connectivity index (χ3n) is 4.76. The van der Waals surface area contributed by atoms with Crippen molar-refractivity contribution in [1.82, 2.24) is 10.2 Å². The average Bonchev–Trinajstić information content (AvgIpc) is 3.01. The van der Waals surface area contributed by atoms with Crippen LogP contribution in [-0.4, -0.2) is 55.1 Å². The maximum absolute atomic E-state index is 13.2. The van der Waals surface area contributed by atoms with Gasteiger partial charge in [-0.2, -0.15) is 0 Å². The number of hydrogen-bond donors (Lipinski definition) is 1. The van der Waals surface area contributed by atoms with E-state index in [1.54, 1.807) is 42.5 Å². The topological polar surface area (TPSA) is 102 Å². The molecule has 0 bridgehead atoms. The Morgan fingerprint density at radius 2 is 1.48 bits per heavy atom. The van der Waals surface area contributed by atoms with E-state index in [4.69, 9.17) is 4.74 Å². The Kier molecular flexibility index (Phi) is 5.74. The fourth-order valence-electron chi connectivity index (χ4n) is 3.27. The van der Waals surface area contributed by atoms with E-state index in [1.807, 2.05) is 0 Å². The van der Waals surface area contributed by atoms with Crippen LogP contribution in [0.15, 0.2) is 54.6 Å². The number of esters is 1. The number of carbonyl (C=O) groups excluding carboxylic acids is 4. The molecule has 8 heteroatoms. The van der Waals surface area contributed by atoms with Crippen LogP contribution in [0.25, 0.3) is 0 Å². The highest BCUT2D eigenvalue weighted by Gasteiger charge is 2.54. The zero-order valence-electron chi connectivity index (χ0n) is 16.0. The summed E-state index contributed by atoms with van der Waals surface area (Å²) in [6, 6.07) is 15.1. The maximum atomic E-state index is 13.2. The zero-order valence-corrected chi connectivity index (χ0v) is 16.0. The van der Waals surface area contributed by atoms with Gasteiger partial charge in [-0.1, -0.05) is 42.5 Å². The molecule has 2 aromatic rings. The number of ether oxygens (including phenoxy) is 2. The maximum Gasteiger partial charge on any atom is 0.325 e. The van der Waals surface area contributed by atoms with Crippen LogP contribution in [-0.2, 0) is 25.5 Å². The van der Waals surface area contributed by atoms with Crippen molar-refractivity contribution in [2.75, 3.05) is 20.8 Å². The summed E-state index contributed by atoms with van der Waals surface area (Å²) in [4.78, 5) is 51.6. The van der Waals surface area contributed by atoms with Crippen molar-refractivity contribution >= 4 is 23.7 Å². The van der Waals surface area contributed by atoms with Gasteiger partial charge in [-0.15, -0.1) is 0 Å². The lowest BCUT2D eigenvalue weighted by Crippen LogP contribution is -2.63. The van der Waals surface area contributed by atoms with Gasteiger partial charge in [-0.3, -0.25) is 19.2 Å². The van der Waals surface area contributed by atoms with Crippen LogP contribution in [0, 0.1) is 0 Å². The van der Waals surface area contributed by atoms with Gasteiger partial charge in [0.05, 0.1) is 18.2 Å². The minimum atomic E-state index is -1.98. The number of benzene rings is 2. The van der Waals surface area contributed by atoms with Crippen LogP contribution < -0.4 is 5.32 Å². The lowest BCUT2D eigenvalue weighted by atomic mass is 9.99. The quantitative estimate of drug-likeness (QED) is 0.557. The summed E-state index contributed by atoms with van der Waals surface area (Å²) in [5, 5.41) is 2.41. The van der Waals surface area contributed by atoms with Gasteiger partial charge in [-0.25, -0.2) is 4.90 Å². The van der Waals surface area contributed by atoms with Crippen LogP contribution in [0.3, 0.4) is 0 Å². The Labute approximate surface area is 167 Å². The predicted octanol–water partition coefficient (Wildman–Crippen LogP) is 1.16. The largest absolute Gasteiger partial charge is 0.468 e. The van der Waals surface area contributed by atoms with Crippen molar-refractivity contribution in [2.45, 2.75) is 12.1 Å². The number of nitrogens with one attached hydrogen (secondary N) is 1. The fraction of sp³-hybridized carbons (Fsp3) is 0.238. The Morgan fingerprint density at radius 1 is 0.931 bits per heavy atom. The lowest BCUT2D eigenvalue weighted by molar-refractivity contribution is -0.161. The summed E-state index contributed by atoms with van der Waals surface area (Å²) in [5.74, 6) is -2.76. The van der Waals surface area contributed by atoms with E-state index in [0.29, 0.717) is 5.56 Å². The van der Waals surface area contributed by atoms with E-state index in [0.717, 1.165) is 4.90 Å². The number of carbonyl (C=O) groups is 4. The van der Waals surface area contributed by atoms with Crippen LogP contribution >= 0.6 is 0 Å². The minimum absolute atomic E-state index is 0.0944. The normalized spacial score (nSPS) is 14.9. The molecule has 8 nitrogen and oxygen atoms in total. The van der Waals surface area contributed by atoms with Gasteiger partial charge in [-0.05, 0) is 17.7 Å². The van der Waals surface area contributed by atoms with E-state index in [-0.39, 0.29) is 17.5 Å². The molecule has 2 aromatic carbocycles. The molecule has 29 heavy (non-hydrogen) atoms. The van der Waals surface area contributed by atoms with E-state index in [2.05, 4.69) is 10.1 Å². The van der Waals surface area contributed by atoms with Crippen LogP contribution in [0.1, 0.15) is 26.3 Å². The van der Waals surface area contributed by atoms with Gasteiger partial charge >= 0.3 is 5.97 Å². The summed E-state index contributed by atoms with van der Waals surface area (Å²) in [5.41, 5.74) is -0.942. The van der Waals surface area contributed by atoms with E-state index in [9.17, 15) is 19.2 Å². The van der Waals surface area contributed by atoms with Crippen LogP contribution in [0.2, 0.25) is 0 Å². The average molecular weight is 396 g/mol. The number of methoxy groups -OCH3 is 2. The molecule has 0 saturated carbocycles. The number of nitrogens with zero attached hydrogens (tertiary/aromatic N) is 1. The van der Waals surface area contributed by atoms with Crippen molar-refractivity contribution < 1.29 is 28.7 Å². The molecule has 1 aliphatic heterocycles. The van der Waals surface area contributed by atoms with Gasteiger partial charge in [0.25, 0.3) is 17.7 Å². The first-order valence-corrected chi connectivity index (χ1v) is 8.86. The summed E-state index contributed by atoms with van der Waals surface area (Å²) in [7, 11) is 2.43. The van der Waals surface area contributed by atoms with Crippen molar-refractivity contribution in [3.8, 4) is 0 Å². The van der Waals surface area contributed by atoms with E-state index < -0.39 is 36.0 Å². The monoisotopic (exact) mass is 396 g/mol. The second-order valence-corrected chi connectivity index (χ2v) is 6.40. The zero-order chi connectivity index (χ0) is 21.0. The Bertz CT molecular complexity index is 924. The Morgan fingerprint density at radius 3 is 2.00 bits per heavy atom. The van der Waals surface area contributed by atoms with Gasteiger partial charge in [0.2, 0.25) is 5.72 Å². The summed E-state index contributed by atoms with van der Waals surface area (Å²) < 4.78 is 10.1. The Balaban J connectivity index is 2.05. The molecule has 3 amide bonds. The third kappa shape index (κ3) is 3.62.